The van der Waals surface area contributed by atoms with Crippen molar-refractivity contribution in [1.29, 1.82) is 0 Å². The van der Waals surface area contributed by atoms with Crippen LogP contribution in [0, 0.1) is 45.0 Å². The van der Waals surface area contributed by atoms with Crippen molar-refractivity contribution < 1.29 is 36.1 Å². The lowest BCUT2D eigenvalue weighted by Crippen LogP contribution is -1.96. The Kier molecular flexibility index (Phi) is 6.85. The average Bonchev–Trinajstić information content (AvgIpc) is 2.56. The van der Waals surface area contributed by atoms with Crippen LogP contribution >= 0.6 is 0 Å². The van der Waals surface area contributed by atoms with E-state index in [1.54, 1.807) is 0 Å². The third-order valence-electron chi connectivity index (χ3n) is 2.64. The highest BCUT2D eigenvalue weighted by Crippen LogP contribution is 2.17. The molecule has 0 atom stereocenters. The largest absolute Gasteiger partial charge is 0.298 e. The Balaban J connectivity index is 0.000000257. The second-order valence-electron chi connectivity index (χ2n) is 4.23. The van der Waals surface area contributed by atoms with Crippen molar-refractivity contribution in [3.8, 4) is 0 Å². The molecule has 0 aromatic heterocycles. The molecule has 2 aromatic carbocycles. The molecule has 0 unspecified atom stereocenters. The van der Waals surface area contributed by atoms with Crippen LogP contribution in [0.4, 0.5) is 26.3 Å². The van der Waals surface area contributed by atoms with Gasteiger partial charge in [0, 0.05) is 6.08 Å². The first kappa shape index (κ1) is 19.9. The summed E-state index contributed by atoms with van der Waals surface area (Å²) >= 11 is 0. The molecular formula is C15H7F6NO3. The number of aldehydes is 1. The third kappa shape index (κ3) is 5.16. The van der Waals surface area contributed by atoms with Crippen LogP contribution in [0.5, 0.6) is 0 Å². The van der Waals surface area contributed by atoms with Gasteiger partial charge in [-0.25, -0.2) is 26.3 Å². The minimum absolute atomic E-state index is 0.0618. The van der Waals surface area contributed by atoms with Gasteiger partial charge in [-0.15, -0.1) is 0 Å². The lowest BCUT2D eigenvalue weighted by molar-refractivity contribution is -0.401. The van der Waals surface area contributed by atoms with Gasteiger partial charge in [0.15, 0.2) is 29.6 Å². The van der Waals surface area contributed by atoms with E-state index in [1.165, 1.54) is 0 Å². The molecule has 2 aromatic rings. The molecule has 0 saturated heterocycles. The Morgan fingerprint density at radius 2 is 1.16 bits per heavy atom. The number of carbonyl (C=O) groups excluding carboxylic acids is 1. The zero-order valence-electron chi connectivity index (χ0n) is 12.0. The van der Waals surface area contributed by atoms with Gasteiger partial charge in [-0.2, -0.15) is 0 Å². The summed E-state index contributed by atoms with van der Waals surface area (Å²) in [5.74, 6) is -7.48. The first-order valence-corrected chi connectivity index (χ1v) is 6.22. The summed E-state index contributed by atoms with van der Waals surface area (Å²) in [6.07, 6.45) is 0.836. The molecule has 0 saturated carbocycles. The Morgan fingerprint density at radius 1 is 0.760 bits per heavy atom. The van der Waals surface area contributed by atoms with Crippen LogP contribution in [0.2, 0.25) is 0 Å². The summed E-state index contributed by atoms with van der Waals surface area (Å²) in [5, 5.41) is 9.86. The summed E-state index contributed by atoms with van der Waals surface area (Å²) in [6.45, 7) is 0. The number of hydrogen-bond acceptors (Lipinski definition) is 3. The minimum atomic E-state index is -1.44. The maximum Gasteiger partial charge on any atom is 0.235 e. The Bertz CT molecular complexity index is 839. The van der Waals surface area contributed by atoms with E-state index in [2.05, 4.69) is 0 Å². The Labute approximate surface area is 136 Å². The fourth-order valence-electron chi connectivity index (χ4n) is 1.48. The summed E-state index contributed by atoms with van der Waals surface area (Å²) in [6, 6.07) is 2.62. The first-order chi connectivity index (χ1) is 11.7. The van der Waals surface area contributed by atoms with Crippen molar-refractivity contribution in [2.24, 2.45) is 0 Å². The highest BCUT2D eigenvalue weighted by Gasteiger charge is 2.12. The first-order valence-electron chi connectivity index (χ1n) is 6.22. The maximum atomic E-state index is 12.8. The van der Waals surface area contributed by atoms with Crippen molar-refractivity contribution in [1.82, 2.24) is 0 Å². The van der Waals surface area contributed by atoms with Gasteiger partial charge >= 0.3 is 0 Å². The summed E-state index contributed by atoms with van der Waals surface area (Å²) in [4.78, 5) is 18.9. The van der Waals surface area contributed by atoms with Crippen LogP contribution in [-0.4, -0.2) is 11.2 Å². The molecule has 0 amide bonds. The number of carbonyl (C=O) groups is 1. The van der Waals surface area contributed by atoms with Crippen molar-refractivity contribution in [3.05, 3.63) is 86.6 Å². The molecule has 0 heterocycles. The average molecular weight is 363 g/mol. The maximum absolute atomic E-state index is 12.8. The predicted octanol–water partition coefficient (Wildman–Crippen LogP) is 4.27. The van der Waals surface area contributed by atoms with Gasteiger partial charge in [0.2, 0.25) is 6.20 Å². The molecule has 0 bridgehead atoms. The smallest absolute Gasteiger partial charge is 0.235 e. The van der Waals surface area contributed by atoms with Crippen LogP contribution in [-0.2, 0) is 0 Å². The van der Waals surface area contributed by atoms with Crippen LogP contribution in [0.3, 0.4) is 0 Å². The van der Waals surface area contributed by atoms with E-state index in [0.29, 0.717) is 36.5 Å². The van der Waals surface area contributed by atoms with Crippen molar-refractivity contribution in [2.45, 2.75) is 0 Å². The molecular weight excluding hydrogens is 356 g/mol. The third-order valence-corrected chi connectivity index (χ3v) is 2.64. The highest BCUT2D eigenvalue weighted by atomic mass is 19.2. The van der Waals surface area contributed by atoms with E-state index in [9.17, 15) is 41.3 Å². The molecule has 0 aliphatic carbocycles. The topological polar surface area (TPSA) is 60.2 Å². The van der Waals surface area contributed by atoms with Crippen LogP contribution in [0.1, 0.15) is 15.9 Å². The van der Waals surface area contributed by atoms with E-state index >= 15 is 0 Å². The van der Waals surface area contributed by atoms with Crippen LogP contribution in [0.25, 0.3) is 6.08 Å². The van der Waals surface area contributed by atoms with E-state index in [1.807, 2.05) is 0 Å². The molecule has 0 radical (unpaired) electrons. The van der Waals surface area contributed by atoms with Crippen molar-refractivity contribution >= 4 is 12.4 Å². The van der Waals surface area contributed by atoms with Crippen LogP contribution in [0.15, 0.2) is 30.5 Å². The molecule has 4 nitrogen and oxygen atoms in total. The minimum Gasteiger partial charge on any atom is -0.298 e. The Morgan fingerprint density at radius 3 is 1.56 bits per heavy atom. The highest BCUT2D eigenvalue weighted by molar-refractivity contribution is 5.75. The lowest BCUT2D eigenvalue weighted by atomic mass is 10.2. The molecule has 0 aliphatic rings. The normalized spacial score (nSPS) is 10.3. The van der Waals surface area contributed by atoms with Crippen molar-refractivity contribution in [2.75, 3.05) is 0 Å². The van der Waals surface area contributed by atoms with Gasteiger partial charge in [-0.05, 0) is 24.3 Å². The molecule has 0 spiro atoms. The van der Waals surface area contributed by atoms with Gasteiger partial charge in [0.1, 0.15) is 11.6 Å². The summed E-state index contributed by atoms with van der Waals surface area (Å²) < 4.78 is 75.2. The van der Waals surface area contributed by atoms with Gasteiger partial charge in [-0.1, -0.05) is 0 Å². The molecule has 0 N–H and O–H groups in total. The molecule has 0 aliphatic heterocycles. The fraction of sp³-hybridized carbons (Fsp3) is 0. The van der Waals surface area contributed by atoms with E-state index in [4.69, 9.17) is 0 Å². The SMILES string of the molecule is O=Cc1c(F)ccc(F)c1F.O=[N+]([O-])/C=C/c1c(F)ccc(F)c1F. The quantitative estimate of drug-likeness (QED) is 0.269. The second kappa shape index (κ2) is 8.62. The number of nitro groups is 1. The van der Waals surface area contributed by atoms with Crippen molar-refractivity contribution in [3.63, 3.8) is 0 Å². The number of hydrogen-bond donors (Lipinski definition) is 0. The van der Waals surface area contributed by atoms with Gasteiger partial charge in [0.05, 0.1) is 16.1 Å². The Hall–Kier alpha value is -3.17. The van der Waals surface area contributed by atoms with Gasteiger partial charge in [0.25, 0.3) is 0 Å². The van der Waals surface area contributed by atoms with E-state index in [-0.39, 0.29) is 6.29 Å². The molecule has 0 fully saturated rings. The second-order valence-corrected chi connectivity index (χ2v) is 4.23. The number of halogens is 6. The van der Waals surface area contributed by atoms with Gasteiger partial charge in [-0.3, -0.25) is 14.9 Å². The molecule has 10 heteroatoms. The number of rotatable bonds is 3. The monoisotopic (exact) mass is 363 g/mol. The number of nitrogens with zero attached hydrogens (tertiary/aromatic N) is 1. The standard InChI is InChI=1S/C8H4F3NO2.C7H3F3O/c9-6-1-2-7(10)8(11)5(6)3-4-12(13)14;8-5-1-2-6(9)7(10)4(5)3-11/h1-4H;1-3H/b4-3+;. The molecule has 132 valence electrons. The summed E-state index contributed by atoms with van der Waals surface area (Å²) in [7, 11) is 0. The summed E-state index contributed by atoms with van der Waals surface area (Å²) in [5.41, 5.74) is -1.63. The zero-order valence-corrected chi connectivity index (χ0v) is 12.0. The molecule has 2 rings (SSSR count). The number of benzene rings is 2. The van der Waals surface area contributed by atoms with Crippen LogP contribution < -0.4 is 0 Å². The predicted molar refractivity (Wildman–Crippen MR) is 74.0 cm³/mol. The zero-order chi connectivity index (χ0) is 19.1. The van der Waals surface area contributed by atoms with E-state index in [0.717, 1.165) is 0 Å². The fourth-order valence-corrected chi connectivity index (χ4v) is 1.48. The molecule has 25 heavy (non-hydrogen) atoms. The van der Waals surface area contributed by atoms with E-state index < -0.39 is 51.0 Å². The lowest BCUT2D eigenvalue weighted by Gasteiger charge is -1.98. The van der Waals surface area contributed by atoms with Gasteiger partial charge < -0.3 is 0 Å².